The lowest BCUT2D eigenvalue weighted by Crippen LogP contribution is -2.62. The Balaban J connectivity index is 1.90. The number of amides is 2. The highest BCUT2D eigenvalue weighted by Gasteiger charge is 2.49. The van der Waals surface area contributed by atoms with Gasteiger partial charge in [-0.25, -0.2) is 13.4 Å². The maximum Gasteiger partial charge on any atom is 0.263 e. The van der Waals surface area contributed by atoms with Crippen molar-refractivity contribution in [2.24, 2.45) is 5.92 Å². The Labute approximate surface area is 151 Å². The van der Waals surface area contributed by atoms with Crippen LogP contribution in [0.5, 0.6) is 0 Å². The molecule has 26 heavy (non-hydrogen) atoms. The van der Waals surface area contributed by atoms with E-state index in [1.54, 1.807) is 4.90 Å². The first-order valence-corrected chi connectivity index (χ1v) is 10.4. The number of hydrogen-bond acceptors (Lipinski definition) is 6. The SMILES string of the molecule is CC(C)CC(=O)N1CCN(C(=O)c2cnc[nH]c2=O)[C@@H]2CS(=O)(=O)C[C@@H]21. The van der Waals surface area contributed by atoms with E-state index in [4.69, 9.17) is 0 Å². The molecule has 0 radical (unpaired) electrons. The number of carbonyl (C=O) groups is 2. The van der Waals surface area contributed by atoms with Crippen molar-refractivity contribution in [2.75, 3.05) is 24.6 Å². The average Bonchev–Trinajstić information content (AvgIpc) is 2.87. The first-order chi connectivity index (χ1) is 12.2. The Morgan fingerprint density at radius 3 is 2.46 bits per heavy atom. The third-order valence-electron chi connectivity index (χ3n) is 4.79. The Morgan fingerprint density at radius 2 is 1.85 bits per heavy atom. The number of aromatic nitrogens is 2. The van der Waals surface area contributed by atoms with Gasteiger partial charge in [-0.05, 0) is 5.92 Å². The van der Waals surface area contributed by atoms with Gasteiger partial charge in [0.1, 0.15) is 5.56 Å². The second-order valence-corrected chi connectivity index (χ2v) is 9.34. The molecule has 0 spiro atoms. The van der Waals surface area contributed by atoms with Crippen LogP contribution in [0.4, 0.5) is 0 Å². The molecule has 2 aliphatic heterocycles. The van der Waals surface area contributed by atoms with Crippen molar-refractivity contribution in [1.82, 2.24) is 19.8 Å². The van der Waals surface area contributed by atoms with E-state index in [2.05, 4.69) is 9.97 Å². The molecular weight excluding hydrogens is 360 g/mol. The number of hydrogen-bond donors (Lipinski definition) is 1. The van der Waals surface area contributed by atoms with Crippen LogP contribution in [0.1, 0.15) is 30.6 Å². The lowest BCUT2D eigenvalue weighted by Gasteiger charge is -2.44. The molecule has 3 heterocycles. The van der Waals surface area contributed by atoms with Gasteiger partial charge in [-0.1, -0.05) is 13.8 Å². The minimum Gasteiger partial charge on any atom is -0.335 e. The Bertz CT molecular complexity index is 879. The highest BCUT2D eigenvalue weighted by molar-refractivity contribution is 7.91. The molecule has 3 rings (SSSR count). The number of fused-ring (bicyclic) bond motifs is 1. The van der Waals surface area contributed by atoms with E-state index in [1.807, 2.05) is 13.8 Å². The smallest absolute Gasteiger partial charge is 0.263 e. The zero-order valence-electron chi connectivity index (χ0n) is 14.7. The molecule has 9 nitrogen and oxygen atoms in total. The fourth-order valence-electron chi connectivity index (χ4n) is 3.63. The van der Waals surface area contributed by atoms with Crippen LogP contribution in [0.25, 0.3) is 0 Å². The molecule has 0 unspecified atom stereocenters. The molecule has 2 fully saturated rings. The number of H-pyrrole nitrogens is 1. The van der Waals surface area contributed by atoms with Crippen molar-refractivity contribution in [3.8, 4) is 0 Å². The lowest BCUT2D eigenvalue weighted by molar-refractivity contribution is -0.137. The molecule has 0 aliphatic carbocycles. The molecule has 2 atom stereocenters. The number of nitrogens with zero attached hydrogens (tertiary/aromatic N) is 3. The topological polar surface area (TPSA) is 121 Å². The molecule has 0 aromatic carbocycles. The molecule has 142 valence electrons. The number of rotatable bonds is 3. The van der Waals surface area contributed by atoms with Crippen LogP contribution in [-0.4, -0.2) is 76.7 Å². The quantitative estimate of drug-likeness (QED) is 0.735. The van der Waals surface area contributed by atoms with Gasteiger partial charge in [0.2, 0.25) is 5.91 Å². The molecule has 2 amide bonds. The summed E-state index contributed by atoms with van der Waals surface area (Å²) in [6.45, 7) is 4.30. The largest absolute Gasteiger partial charge is 0.335 e. The van der Waals surface area contributed by atoms with Crippen LogP contribution in [0.2, 0.25) is 0 Å². The molecule has 1 aromatic rings. The zero-order valence-corrected chi connectivity index (χ0v) is 15.5. The minimum atomic E-state index is -3.37. The van der Waals surface area contributed by atoms with Gasteiger partial charge in [0.05, 0.1) is 29.9 Å². The molecule has 10 heteroatoms. The van der Waals surface area contributed by atoms with E-state index in [0.29, 0.717) is 6.42 Å². The van der Waals surface area contributed by atoms with Gasteiger partial charge in [0.15, 0.2) is 9.84 Å². The monoisotopic (exact) mass is 382 g/mol. The summed E-state index contributed by atoms with van der Waals surface area (Å²) in [4.78, 5) is 46.3. The van der Waals surface area contributed by atoms with Gasteiger partial charge in [-0.3, -0.25) is 14.4 Å². The van der Waals surface area contributed by atoms with E-state index in [-0.39, 0.29) is 42.0 Å². The van der Waals surface area contributed by atoms with Gasteiger partial charge in [-0.15, -0.1) is 0 Å². The van der Waals surface area contributed by atoms with Gasteiger partial charge in [0, 0.05) is 25.7 Å². The third-order valence-corrected chi connectivity index (χ3v) is 6.49. The van der Waals surface area contributed by atoms with E-state index < -0.39 is 33.4 Å². The highest BCUT2D eigenvalue weighted by atomic mass is 32.2. The molecule has 1 aromatic heterocycles. The van der Waals surface area contributed by atoms with Crippen molar-refractivity contribution in [2.45, 2.75) is 32.4 Å². The molecule has 2 aliphatic rings. The third kappa shape index (κ3) is 3.50. The van der Waals surface area contributed by atoms with Crippen molar-refractivity contribution in [3.63, 3.8) is 0 Å². The van der Waals surface area contributed by atoms with Crippen molar-refractivity contribution in [1.29, 1.82) is 0 Å². The normalized spacial score (nSPS) is 24.6. The molecule has 1 N–H and O–H groups in total. The van der Waals surface area contributed by atoms with Gasteiger partial charge in [-0.2, -0.15) is 0 Å². The summed E-state index contributed by atoms with van der Waals surface area (Å²) in [5.41, 5.74) is -0.696. The van der Waals surface area contributed by atoms with E-state index >= 15 is 0 Å². The molecule has 0 saturated carbocycles. The predicted octanol–water partition coefficient (Wildman–Crippen LogP) is -0.734. The lowest BCUT2D eigenvalue weighted by atomic mass is 10.0. The maximum atomic E-state index is 12.8. The summed E-state index contributed by atoms with van der Waals surface area (Å²) in [5, 5.41) is 0. The number of carbonyl (C=O) groups excluding carboxylic acids is 2. The Kier molecular flexibility index (Phi) is 4.87. The summed E-state index contributed by atoms with van der Waals surface area (Å²) in [6, 6.07) is -1.21. The number of sulfone groups is 1. The summed E-state index contributed by atoms with van der Waals surface area (Å²) in [5.74, 6) is -0.852. The average molecular weight is 382 g/mol. The molecule has 2 saturated heterocycles. The Hall–Kier alpha value is -2.23. The van der Waals surface area contributed by atoms with E-state index in [1.165, 1.54) is 17.4 Å². The number of aromatic amines is 1. The summed E-state index contributed by atoms with van der Waals surface area (Å²) in [7, 11) is -3.37. The van der Waals surface area contributed by atoms with Crippen LogP contribution in [-0.2, 0) is 14.6 Å². The first kappa shape index (κ1) is 18.6. The number of nitrogens with one attached hydrogen (secondary N) is 1. The minimum absolute atomic E-state index is 0.0987. The predicted molar refractivity (Wildman–Crippen MR) is 93.3 cm³/mol. The molecule has 0 bridgehead atoms. The van der Waals surface area contributed by atoms with Crippen LogP contribution < -0.4 is 5.56 Å². The van der Waals surface area contributed by atoms with Crippen LogP contribution in [0.15, 0.2) is 17.3 Å². The number of piperazine rings is 1. The van der Waals surface area contributed by atoms with Crippen LogP contribution in [0, 0.1) is 5.92 Å². The summed E-state index contributed by atoms with van der Waals surface area (Å²) in [6.07, 6.45) is 2.69. The van der Waals surface area contributed by atoms with Crippen LogP contribution in [0.3, 0.4) is 0 Å². The summed E-state index contributed by atoms with van der Waals surface area (Å²) < 4.78 is 24.4. The van der Waals surface area contributed by atoms with Crippen molar-refractivity contribution >= 4 is 21.7 Å². The van der Waals surface area contributed by atoms with Gasteiger partial charge in [0.25, 0.3) is 11.5 Å². The van der Waals surface area contributed by atoms with Gasteiger partial charge >= 0.3 is 0 Å². The van der Waals surface area contributed by atoms with Crippen LogP contribution >= 0.6 is 0 Å². The van der Waals surface area contributed by atoms with Crippen molar-refractivity contribution < 1.29 is 18.0 Å². The molecular formula is C16H22N4O5S. The zero-order chi connectivity index (χ0) is 19.1. The van der Waals surface area contributed by atoms with E-state index in [0.717, 1.165) is 0 Å². The standard InChI is InChI=1S/C16H22N4O5S/c1-10(2)5-14(21)19-3-4-20(13-8-26(24,25)7-12(13)19)16(23)11-6-17-9-18-15(11)22/h6,9-10,12-13H,3-5,7-8H2,1-2H3,(H,17,18,22)/t12-,13+/m0/s1. The second-order valence-electron chi connectivity index (χ2n) is 7.19. The maximum absolute atomic E-state index is 12.8. The van der Waals surface area contributed by atoms with Crippen molar-refractivity contribution in [3.05, 3.63) is 28.4 Å². The summed E-state index contributed by atoms with van der Waals surface area (Å²) >= 11 is 0. The fourth-order valence-corrected chi connectivity index (χ4v) is 5.61. The Morgan fingerprint density at radius 1 is 1.23 bits per heavy atom. The van der Waals surface area contributed by atoms with Gasteiger partial charge < -0.3 is 14.8 Å². The van der Waals surface area contributed by atoms with E-state index in [9.17, 15) is 22.8 Å². The second kappa shape index (κ2) is 6.82. The highest BCUT2D eigenvalue weighted by Crippen LogP contribution is 2.28. The first-order valence-electron chi connectivity index (χ1n) is 8.53. The fraction of sp³-hybridized carbons (Fsp3) is 0.625.